The van der Waals surface area contributed by atoms with Crippen molar-refractivity contribution in [1.29, 1.82) is 0 Å². The number of halogens is 1. The number of carbonyl (C=O) groups excluding carboxylic acids is 1. The third-order valence-electron chi connectivity index (χ3n) is 3.59. The van der Waals surface area contributed by atoms with Gasteiger partial charge in [0.1, 0.15) is 17.2 Å². The Hall–Kier alpha value is -2.73. The van der Waals surface area contributed by atoms with Gasteiger partial charge in [0.25, 0.3) is 5.91 Å². The molecule has 0 unspecified atom stereocenters. The van der Waals surface area contributed by atoms with Gasteiger partial charge in [0.2, 0.25) is 0 Å². The molecule has 0 fully saturated rings. The zero-order chi connectivity index (χ0) is 15.8. The summed E-state index contributed by atoms with van der Waals surface area (Å²) in [7, 11) is 0. The number of hydrogen-bond donors (Lipinski definition) is 2. The van der Waals surface area contributed by atoms with Crippen molar-refractivity contribution in [2.24, 2.45) is 4.99 Å². The molecule has 0 aliphatic carbocycles. The molecule has 2 N–H and O–H groups in total. The van der Waals surface area contributed by atoms with Gasteiger partial charge >= 0.3 is 0 Å². The maximum Gasteiger partial charge on any atom is 0.275 e. The third kappa shape index (κ3) is 2.57. The van der Waals surface area contributed by atoms with E-state index in [2.05, 4.69) is 36.2 Å². The number of amidine groups is 1. The van der Waals surface area contributed by atoms with Gasteiger partial charge in [-0.05, 0) is 30.3 Å². The molecule has 0 atom stereocenters. The predicted octanol–water partition coefficient (Wildman–Crippen LogP) is 3.24. The minimum atomic E-state index is -0.207. The van der Waals surface area contributed by atoms with E-state index in [9.17, 15) is 4.79 Å². The van der Waals surface area contributed by atoms with Gasteiger partial charge < -0.3 is 10.3 Å². The van der Waals surface area contributed by atoms with Gasteiger partial charge in [-0.15, -0.1) is 0 Å². The van der Waals surface area contributed by atoms with Crippen LogP contribution in [0.2, 0.25) is 0 Å². The average molecular weight is 367 g/mol. The van der Waals surface area contributed by atoms with E-state index in [1.807, 2.05) is 42.6 Å². The highest BCUT2D eigenvalue weighted by molar-refractivity contribution is 9.10. The number of fused-ring (bicyclic) bond motifs is 1. The normalized spacial score (nSPS) is 16.0. The van der Waals surface area contributed by atoms with Crippen LogP contribution in [0.3, 0.4) is 0 Å². The Kier molecular flexibility index (Phi) is 3.31. The maximum absolute atomic E-state index is 12.2. The van der Waals surface area contributed by atoms with Crippen LogP contribution >= 0.6 is 15.9 Å². The highest BCUT2D eigenvalue weighted by Crippen LogP contribution is 2.21. The van der Waals surface area contributed by atoms with Gasteiger partial charge in [-0.1, -0.05) is 28.1 Å². The fourth-order valence-corrected chi connectivity index (χ4v) is 2.72. The first-order valence-electron chi connectivity index (χ1n) is 7.00. The zero-order valence-corrected chi connectivity index (χ0v) is 13.5. The molecule has 5 nitrogen and oxygen atoms in total. The van der Waals surface area contributed by atoms with Crippen LogP contribution in [0.15, 0.2) is 64.0 Å². The first kappa shape index (κ1) is 13.9. The zero-order valence-electron chi connectivity index (χ0n) is 11.9. The Bertz CT molecular complexity index is 970. The van der Waals surface area contributed by atoms with Crippen LogP contribution in [-0.4, -0.2) is 21.7 Å². The monoisotopic (exact) mass is 366 g/mol. The van der Waals surface area contributed by atoms with E-state index in [0.29, 0.717) is 11.5 Å². The molecular formula is C17H11BrN4O. The summed E-state index contributed by atoms with van der Waals surface area (Å²) in [6.07, 6.45) is 5.31. The van der Waals surface area contributed by atoms with Crippen molar-refractivity contribution in [3.63, 3.8) is 0 Å². The van der Waals surface area contributed by atoms with E-state index in [0.717, 1.165) is 26.6 Å². The van der Waals surface area contributed by atoms with Crippen LogP contribution in [0.4, 0.5) is 0 Å². The van der Waals surface area contributed by atoms with Gasteiger partial charge in [-0.3, -0.25) is 4.79 Å². The van der Waals surface area contributed by atoms with Crippen molar-refractivity contribution >= 4 is 44.8 Å². The number of amides is 1. The number of aliphatic imine (C=N–C) groups is 1. The lowest BCUT2D eigenvalue weighted by Crippen LogP contribution is -2.24. The standard InChI is InChI=1S/C17H11BrN4O/c18-12-5-3-10(4-6-12)15-21-14(17(23)22-15)8-11-9-20-16-13(11)2-1-7-19-16/h1-9H,(H,19,20)(H,21,22,23)/b14-8-. The molecule has 23 heavy (non-hydrogen) atoms. The molecule has 1 aliphatic rings. The number of hydrogen-bond acceptors (Lipinski definition) is 3. The topological polar surface area (TPSA) is 70.1 Å². The average Bonchev–Trinajstić information content (AvgIpc) is 3.13. The second-order valence-corrected chi connectivity index (χ2v) is 6.01. The molecule has 0 saturated heterocycles. The van der Waals surface area contributed by atoms with Crippen LogP contribution in [0.25, 0.3) is 17.1 Å². The molecule has 2 aromatic heterocycles. The van der Waals surface area contributed by atoms with Gasteiger partial charge in [-0.2, -0.15) is 0 Å². The van der Waals surface area contributed by atoms with E-state index in [1.165, 1.54) is 0 Å². The van der Waals surface area contributed by atoms with Crippen LogP contribution < -0.4 is 5.32 Å². The van der Waals surface area contributed by atoms with Crippen LogP contribution in [0.5, 0.6) is 0 Å². The molecule has 3 aromatic rings. The van der Waals surface area contributed by atoms with E-state index in [4.69, 9.17) is 0 Å². The number of nitrogens with zero attached hydrogens (tertiary/aromatic N) is 2. The Labute approximate surface area is 140 Å². The number of rotatable bonds is 2. The smallest absolute Gasteiger partial charge is 0.275 e. The lowest BCUT2D eigenvalue weighted by atomic mass is 10.2. The molecular weight excluding hydrogens is 356 g/mol. The van der Waals surface area contributed by atoms with Gasteiger partial charge in [-0.25, -0.2) is 9.98 Å². The molecule has 1 aliphatic heterocycles. The number of aromatic nitrogens is 2. The highest BCUT2D eigenvalue weighted by Gasteiger charge is 2.21. The molecule has 0 radical (unpaired) electrons. The van der Waals surface area contributed by atoms with E-state index in [-0.39, 0.29) is 5.91 Å². The lowest BCUT2D eigenvalue weighted by molar-refractivity contribution is -0.115. The third-order valence-corrected chi connectivity index (χ3v) is 4.12. The fraction of sp³-hybridized carbons (Fsp3) is 0. The molecule has 4 rings (SSSR count). The number of benzene rings is 1. The SMILES string of the molecule is O=C1NC(c2ccc(Br)cc2)=N/C1=C\c1c[nH]c2ncccc12. The second-order valence-electron chi connectivity index (χ2n) is 5.09. The van der Waals surface area contributed by atoms with Crippen molar-refractivity contribution in [2.75, 3.05) is 0 Å². The summed E-state index contributed by atoms with van der Waals surface area (Å²) in [5, 5.41) is 3.76. The van der Waals surface area contributed by atoms with Gasteiger partial charge in [0, 0.05) is 33.4 Å². The molecule has 1 amide bonds. The summed E-state index contributed by atoms with van der Waals surface area (Å²) in [5.41, 5.74) is 2.92. The predicted molar refractivity (Wildman–Crippen MR) is 92.9 cm³/mol. The highest BCUT2D eigenvalue weighted by atomic mass is 79.9. The number of H-pyrrole nitrogens is 1. The molecule has 0 bridgehead atoms. The first-order chi connectivity index (χ1) is 11.2. The summed E-state index contributed by atoms with van der Waals surface area (Å²) >= 11 is 3.39. The minimum Gasteiger partial charge on any atom is -0.346 e. The summed E-state index contributed by atoms with van der Waals surface area (Å²) < 4.78 is 0.980. The number of carbonyl (C=O) groups is 1. The van der Waals surface area contributed by atoms with Gasteiger partial charge in [0.15, 0.2) is 0 Å². The number of aromatic amines is 1. The van der Waals surface area contributed by atoms with Crippen LogP contribution in [0, 0.1) is 0 Å². The Morgan fingerprint density at radius 3 is 2.78 bits per heavy atom. The van der Waals surface area contributed by atoms with Crippen LogP contribution in [-0.2, 0) is 4.79 Å². The largest absolute Gasteiger partial charge is 0.346 e. The minimum absolute atomic E-state index is 0.207. The molecule has 0 spiro atoms. The number of pyridine rings is 1. The molecule has 0 saturated carbocycles. The van der Waals surface area contributed by atoms with E-state index >= 15 is 0 Å². The lowest BCUT2D eigenvalue weighted by Gasteiger charge is -1.99. The van der Waals surface area contributed by atoms with Crippen LogP contribution in [0.1, 0.15) is 11.1 Å². The number of nitrogens with one attached hydrogen (secondary N) is 2. The molecule has 6 heteroatoms. The van der Waals surface area contributed by atoms with Crippen molar-refractivity contribution in [3.8, 4) is 0 Å². The Balaban J connectivity index is 1.73. The Morgan fingerprint density at radius 2 is 1.96 bits per heavy atom. The van der Waals surface area contributed by atoms with Crippen molar-refractivity contribution in [2.45, 2.75) is 0 Å². The van der Waals surface area contributed by atoms with Crippen molar-refractivity contribution in [3.05, 3.63) is 70.1 Å². The van der Waals surface area contributed by atoms with E-state index in [1.54, 1.807) is 12.3 Å². The summed E-state index contributed by atoms with van der Waals surface area (Å²) in [6, 6.07) is 11.5. The summed E-state index contributed by atoms with van der Waals surface area (Å²) in [6.45, 7) is 0. The van der Waals surface area contributed by atoms with Crippen molar-refractivity contribution in [1.82, 2.24) is 15.3 Å². The summed E-state index contributed by atoms with van der Waals surface area (Å²) in [4.78, 5) is 23.9. The Morgan fingerprint density at radius 1 is 1.13 bits per heavy atom. The maximum atomic E-state index is 12.2. The summed E-state index contributed by atoms with van der Waals surface area (Å²) in [5.74, 6) is 0.355. The molecule has 3 heterocycles. The first-order valence-corrected chi connectivity index (χ1v) is 7.80. The quantitative estimate of drug-likeness (QED) is 0.683. The second kappa shape index (κ2) is 5.48. The fourth-order valence-electron chi connectivity index (χ4n) is 2.46. The molecule has 112 valence electrons. The van der Waals surface area contributed by atoms with Gasteiger partial charge in [0.05, 0.1) is 0 Å². The van der Waals surface area contributed by atoms with E-state index < -0.39 is 0 Å². The molecule has 1 aromatic carbocycles. The van der Waals surface area contributed by atoms with Crippen molar-refractivity contribution < 1.29 is 4.79 Å².